The van der Waals surface area contributed by atoms with E-state index in [1.165, 1.54) is 11.1 Å². The monoisotopic (exact) mass is 215 g/mol. The van der Waals surface area contributed by atoms with Crippen LogP contribution in [-0.4, -0.2) is 15.1 Å². The largest absolute Gasteiger partial charge is 0.331 e. The molecule has 3 rings (SSSR count). The second-order valence-corrected chi connectivity index (χ2v) is 5.08. The van der Waals surface area contributed by atoms with Crippen LogP contribution >= 0.6 is 0 Å². The zero-order chi connectivity index (χ0) is 11.3. The first-order valence-electron chi connectivity index (χ1n) is 5.78. The number of hydrogen-bond donors (Lipinski definition) is 1. The number of fused-ring (bicyclic) bond motifs is 1. The first-order valence-corrected chi connectivity index (χ1v) is 5.78. The van der Waals surface area contributed by atoms with Crippen LogP contribution in [0.1, 0.15) is 24.2 Å². The molecule has 1 aromatic heterocycles. The van der Waals surface area contributed by atoms with Gasteiger partial charge < -0.3 is 10.3 Å². The number of hydrogen-bond acceptors (Lipinski definition) is 2. The van der Waals surface area contributed by atoms with E-state index in [0.717, 1.165) is 30.6 Å². The predicted octanol–water partition coefficient (Wildman–Crippen LogP) is 1.92. The van der Waals surface area contributed by atoms with Crippen LogP contribution < -0.4 is 5.73 Å². The summed E-state index contributed by atoms with van der Waals surface area (Å²) in [7, 11) is 2.06. The van der Waals surface area contributed by atoms with E-state index >= 15 is 0 Å². The number of rotatable bonds is 2. The van der Waals surface area contributed by atoms with Crippen LogP contribution in [0.3, 0.4) is 0 Å². The Labute approximate surface area is 95.3 Å². The molecule has 0 aliphatic heterocycles. The van der Waals surface area contributed by atoms with Gasteiger partial charge in [-0.1, -0.05) is 6.07 Å². The molecule has 0 spiro atoms. The minimum Gasteiger partial charge on any atom is -0.331 e. The Balaban J connectivity index is 2.04. The van der Waals surface area contributed by atoms with Crippen LogP contribution in [0, 0.1) is 6.92 Å². The maximum Gasteiger partial charge on any atom is 0.106 e. The Morgan fingerprint density at radius 2 is 2.19 bits per heavy atom. The fourth-order valence-corrected chi connectivity index (χ4v) is 2.21. The van der Waals surface area contributed by atoms with E-state index in [1.807, 2.05) is 6.92 Å². The first kappa shape index (κ1) is 9.85. The maximum absolute atomic E-state index is 6.14. The highest BCUT2D eigenvalue weighted by Crippen LogP contribution is 2.36. The smallest absolute Gasteiger partial charge is 0.106 e. The molecule has 1 aliphatic rings. The quantitative estimate of drug-likeness (QED) is 0.831. The lowest BCUT2D eigenvalue weighted by molar-refractivity contribution is 0.672. The van der Waals surface area contributed by atoms with Crippen molar-refractivity contribution in [2.45, 2.75) is 31.7 Å². The predicted molar refractivity (Wildman–Crippen MR) is 65.3 cm³/mol. The number of aryl methyl sites for hydroxylation is 2. The molecule has 16 heavy (non-hydrogen) atoms. The van der Waals surface area contributed by atoms with Gasteiger partial charge in [-0.25, -0.2) is 4.98 Å². The second kappa shape index (κ2) is 3.08. The standard InChI is InChI=1S/C13H17N3/c1-9-15-11-4-3-10(7-12(11)16(9)2)8-13(14)5-6-13/h3-4,7H,5-6,8,14H2,1-2H3. The summed E-state index contributed by atoms with van der Waals surface area (Å²) in [5.74, 6) is 1.06. The molecule has 3 nitrogen and oxygen atoms in total. The molecule has 2 N–H and O–H groups in total. The van der Waals surface area contributed by atoms with Crippen molar-refractivity contribution in [2.24, 2.45) is 12.8 Å². The zero-order valence-electron chi connectivity index (χ0n) is 9.83. The molecule has 2 aromatic rings. The summed E-state index contributed by atoms with van der Waals surface area (Å²) >= 11 is 0. The molecular weight excluding hydrogens is 198 g/mol. The summed E-state index contributed by atoms with van der Waals surface area (Å²) in [4.78, 5) is 4.50. The molecule has 1 saturated carbocycles. The molecule has 0 atom stereocenters. The van der Waals surface area contributed by atoms with Crippen molar-refractivity contribution in [3.63, 3.8) is 0 Å². The van der Waals surface area contributed by atoms with Gasteiger partial charge in [0.1, 0.15) is 5.82 Å². The van der Waals surface area contributed by atoms with E-state index in [9.17, 15) is 0 Å². The van der Waals surface area contributed by atoms with Gasteiger partial charge in [-0.15, -0.1) is 0 Å². The summed E-state index contributed by atoms with van der Waals surface area (Å²) < 4.78 is 2.13. The highest BCUT2D eigenvalue weighted by atomic mass is 15.0. The molecule has 0 saturated heterocycles. The Bertz CT molecular complexity index is 550. The van der Waals surface area contributed by atoms with Crippen molar-refractivity contribution in [2.75, 3.05) is 0 Å². The maximum atomic E-state index is 6.14. The molecule has 3 heteroatoms. The highest BCUT2D eigenvalue weighted by Gasteiger charge is 2.37. The van der Waals surface area contributed by atoms with E-state index in [1.54, 1.807) is 0 Å². The SMILES string of the molecule is Cc1nc2ccc(CC3(N)CC3)cc2n1C. The van der Waals surface area contributed by atoms with Gasteiger partial charge in [0, 0.05) is 12.6 Å². The lowest BCUT2D eigenvalue weighted by atomic mass is 10.0. The van der Waals surface area contributed by atoms with Gasteiger partial charge in [-0.05, 0) is 43.9 Å². The molecule has 1 aromatic carbocycles. The second-order valence-electron chi connectivity index (χ2n) is 5.08. The lowest BCUT2D eigenvalue weighted by Crippen LogP contribution is -2.24. The average molecular weight is 215 g/mol. The third-order valence-corrected chi connectivity index (χ3v) is 3.62. The van der Waals surface area contributed by atoms with Gasteiger partial charge in [0.25, 0.3) is 0 Å². The van der Waals surface area contributed by atoms with Crippen LogP contribution in [0.2, 0.25) is 0 Å². The average Bonchev–Trinajstić information content (AvgIpc) is 2.90. The van der Waals surface area contributed by atoms with Gasteiger partial charge in [0.2, 0.25) is 0 Å². The van der Waals surface area contributed by atoms with Gasteiger partial charge >= 0.3 is 0 Å². The summed E-state index contributed by atoms with van der Waals surface area (Å²) in [6.45, 7) is 2.03. The van der Waals surface area contributed by atoms with E-state index in [4.69, 9.17) is 5.73 Å². The Morgan fingerprint density at radius 3 is 2.88 bits per heavy atom. The Hall–Kier alpha value is -1.35. The van der Waals surface area contributed by atoms with Gasteiger partial charge in [0.05, 0.1) is 11.0 Å². The van der Waals surface area contributed by atoms with Crippen LogP contribution in [0.15, 0.2) is 18.2 Å². The summed E-state index contributed by atoms with van der Waals surface area (Å²) in [6, 6.07) is 6.48. The normalized spacial score (nSPS) is 17.9. The van der Waals surface area contributed by atoms with Crippen molar-refractivity contribution >= 4 is 11.0 Å². The van der Waals surface area contributed by atoms with E-state index in [2.05, 4.69) is 34.8 Å². The fourth-order valence-electron chi connectivity index (χ4n) is 2.21. The number of imidazole rings is 1. The highest BCUT2D eigenvalue weighted by molar-refractivity contribution is 5.76. The van der Waals surface area contributed by atoms with E-state index < -0.39 is 0 Å². The molecule has 84 valence electrons. The lowest BCUT2D eigenvalue weighted by Gasteiger charge is -2.08. The third kappa shape index (κ3) is 1.52. The van der Waals surface area contributed by atoms with Crippen LogP contribution in [0.4, 0.5) is 0 Å². The molecule has 1 fully saturated rings. The molecule has 1 heterocycles. The molecule has 1 aliphatic carbocycles. The van der Waals surface area contributed by atoms with Crippen molar-refractivity contribution in [3.05, 3.63) is 29.6 Å². The van der Waals surface area contributed by atoms with E-state index in [-0.39, 0.29) is 5.54 Å². The van der Waals surface area contributed by atoms with Crippen LogP contribution in [0.25, 0.3) is 11.0 Å². The van der Waals surface area contributed by atoms with Crippen molar-refractivity contribution in [1.29, 1.82) is 0 Å². The molecule has 0 bridgehead atoms. The fraction of sp³-hybridized carbons (Fsp3) is 0.462. The Morgan fingerprint density at radius 1 is 1.44 bits per heavy atom. The number of nitrogens with two attached hydrogens (primary N) is 1. The van der Waals surface area contributed by atoms with E-state index in [0.29, 0.717) is 0 Å². The summed E-state index contributed by atoms with van der Waals surface area (Å²) in [5.41, 5.74) is 9.84. The van der Waals surface area contributed by atoms with Gasteiger partial charge in [-0.2, -0.15) is 0 Å². The number of nitrogens with zero attached hydrogens (tertiary/aromatic N) is 2. The molecular formula is C13H17N3. The topological polar surface area (TPSA) is 43.8 Å². The van der Waals surface area contributed by atoms with Gasteiger partial charge in [0.15, 0.2) is 0 Å². The van der Waals surface area contributed by atoms with Crippen molar-refractivity contribution < 1.29 is 0 Å². The Kier molecular flexibility index (Phi) is 1.89. The summed E-state index contributed by atoms with van der Waals surface area (Å²) in [6.07, 6.45) is 3.32. The third-order valence-electron chi connectivity index (χ3n) is 3.62. The number of benzene rings is 1. The first-order chi connectivity index (χ1) is 7.57. The molecule has 0 unspecified atom stereocenters. The van der Waals surface area contributed by atoms with Crippen LogP contribution in [-0.2, 0) is 13.5 Å². The molecule has 0 radical (unpaired) electrons. The molecule has 0 amide bonds. The minimum absolute atomic E-state index is 0.0846. The van der Waals surface area contributed by atoms with Crippen molar-refractivity contribution in [1.82, 2.24) is 9.55 Å². The number of aromatic nitrogens is 2. The summed E-state index contributed by atoms with van der Waals surface area (Å²) in [5, 5.41) is 0. The van der Waals surface area contributed by atoms with Crippen molar-refractivity contribution in [3.8, 4) is 0 Å². The van der Waals surface area contributed by atoms with Gasteiger partial charge in [-0.3, -0.25) is 0 Å². The zero-order valence-corrected chi connectivity index (χ0v) is 9.83. The minimum atomic E-state index is 0.0846. The van der Waals surface area contributed by atoms with Crippen LogP contribution in [0.5, 0.6) is 0 Å².